The molecular weight excluding hydrogens is 565 g/mol. The van der Waals surface area contributed by atoms with Gasteiger partial charge >= 0.3 is 6.18 Å². The molecule has 0 saturated carbocycles. The smallest absolute Gasteiger partial charge is 0.434 e. The van der Waals surface area contributed by atoms with Crippen molar-refractivity contribution in [3.63, 3.8) is 0 Å². The molecule has 2 atom stereocenters. The van der Waals surface area contributed by atoms with Crippen LogP contribution in [0.4, 0.5) is 33.5 Å². The van der Waals surface area contributed by atoms with Crippen LogP contribution in [-0.4, -0.2) is 55.9 Å². The molecule has 2 aliphatic heterocycles. The Morgan fingerprint density at radius 1 is 1.07 bits per heavy atom. The SMILES string of the molecule is Nc1nccc(Oc2ccc(NC(=O)c3cnn(-c4ncccc4F)c3C(F)(F)F)cc2F)c1CN1C2COCC1C2. The zero-order chi connectivity index (χ0) is 29.6. The van der Waals surface area contributed by atoms with Gasteiger partial charge in [0.05, 0.1) is 30.5 Å². The molecule has 4 aromatic rings. The number of nitrogen functional groups attached to an aromatic ring is 1. The number of rotatable bonds is 7. The summed E-state index contributed by atoms with van der Waals surface area (Å²) >= 11 is 0. The number of fused-ring (bicyclic) bond motifs is 2. The van der Waals surface area contributed by atoms with Crippen LogP contribution in [0.25, 0.3) is 5.82 Å². The van der Waals surface area contributed by atoms with Crippen LogP contribution in [0.2, 0.25) is 0 Å². The first kappa shape index (κ1) is 27.5. The molecule has 15 heteroatoms. The number of hydrogen-bond donors (Lipinski definition) is 2. The second-order valence-corrected chi connectivity index (χ2v) is 9.75. The second-order valence-electron chi connectivity index (χ2n) is 9.75. The van der Waals surface area contributed by atoms with Gasteiger partial charge in [-0.15, -0.1) is 0 Å². The molecule has 10 nitrogen and oxygen atoms in total. The number of pyridine rings is 2. The summed E-state index contributed by atoms with van der Waals surface area (Å²) in [6, 6.07) is 7.53. The molecule has 2 saturated heterocycles. The summed E-state index contributed by atoms with van der Waals surface area (Å²) in [7, 11) is 0. The predicted molar refractivity (Wildman–Crippen MR) is 138 cm³/mol. The maximum atomic E-state index is 15.1. The Morgan fingerprint density at radius 2 is 1.86 bits per heavy atom. The Hall–Kier alpha value is -4.63. The summed E-state index contributed by atoms with van der Waals surface area (Å²) < 4.78 is 82.5. The molecule has 3 aromatic heterocycles. The van der Waals surface area contributed by atoms with Gasteiger partial charge in [-0.1, -0.05) is 0 Å². The molecule has 1 aromatic carbocycles. The maximum Gasteiger partial charge on any atom is 0.434 e. The predicted octanol–water partition coefficient (Wildman–Crippen LogP) is 4.56. The van der Waals surface area contributed by atoms with Crippen LogP contribution in [-0.2, 0) is 17.5 Å². The van der Waals surface area contributed by atoms with Crippen molar-refractivity contribution < 1.29 is 36.2 Å². The summed E-state index contributed by atoms with van der Waals surface area (Å²) in [4.78, 5) is 22.8. The number of nitrogens with zero attached hydrogens (tertiary/aromatic N) is 5. The second kappa shape index (κ2) is 10.6. The minimum Gasteiger partial charge on any atom is -0.454 e. The minimum absolute atomic E-state index is 0.155. The molecule has 0 aliphatic carbocycles. The van der Waals surface area contributed by atoms with Crippen LogP contribution in [0.1, 0.15) is 28.0 Å². The first-order chi connectivity index (χ1) is 20.1. The van der Waals surface area contributed by atoms with E-state index in [1.165, 1.54) is 24.4 Å². The van der Waals surface area contributed by atoms with Crippen LogP contribution in [0, 0.1) is 11.6 Å². The molecule has 2 unspecified atom stereocenters. The van der Waals surface area contributed by atoms with E-state index in [1.807, 2.05) is 0 Å². The number of alkyl halides is 3. The van der Waals surface area contributed by atoms with E-state index in [4.69, 9.17) is 15.2 Å². The average molecular weight is 588 g/mol. The van der Waals surface area contributed by atoms with E-state index >= 15 is 4.39 Å². The van der Waals surface area contributed by atoms with Gasteiger partial charge in [0.2, 0.25) is 0 Å². The quantitative estimate of drug-likeness (QED) is 0.302. The molecule has 1 amide bonds. The molecule has 218 valence electrons. The van der Waals surface area contributed by atoms with Gasteiger partial charge in [-0.3, -0.25) is 9.69 Å². The van der Waals surface area contributed by atoms with Crippen molar-refractivity contribution in [3.05, 3.63) is 83.4 Å². The molecule has 6 rings (SSSR count). The Kier molecular flexibility index (Phi) is 6.98. The van der Waals surface area contributed by atoms with Gasteiger partial charge < -0.3 is 20.5 Å². The zero-order valence-electron chi connectivity index (χ0n) is 21.6. The van der Waals surface area contributed by atoms with Crippen molar-refractivity contribution in [3.8, 4) is 17.3 Å². The molecule has 42 heavy (non-hydrogen) atoms. The molecule has 0 spiro atoms. The first-order valence-corrected chi connectivity index (χ1v) is 12.7. The maximum absolute atomic E-state index is 15.1. The average Bonchev–Trinajstić information content (AvgIpc) is 3.41. The van der Waals surface area contributed by atoms with Gasteiger partial charge in [-0.25, -0.2) is 23.4 Å². The zero-order valence-corrected chi connectivity index (χ0v) is 21.6. The molecule has 2 aliphatic rings. The summed E-state index contributed by atoms with van der Waals surface area (Å²) in [5.41, 5.74) is 4.08. The molecule has 0 radical (unpaired) electrons. The van der Waals surface area contributed by atoms with Crippen LogP contribution in [0.15, 0.2) is 55.0 Å². The van der Waals surface area contributed by atoms with Crippen molar-refractivity contribution in [1.82, 2.24) is 24.6 Å². The molecular formula is C27H22F5N7O3. The van der Waals surface area contributed by atoms with Crippen LogP contribution in [0.3, 0.4) is 0 Å². The van der Waals surface area contributed by atoms with Crippen LogP contribution < -0.4 is 15.8 Å². The third-order valence-corrected chi connectivity index (χ3v) is 7.12. The lowest BCUT2D eigenvalue weighted by molar-refractivity contribution is -0.143. The van der Waals surface area contributed by atoms with E-state index in [1.54, 1.807) is 6.07 Å². The highest BCUT2D eigenvalue weighted by molar-refractivity contribution is 6.05. The van der Waals surface area contributed by atoms with Gasteiger partial charge in [0, 0.05) is 42.8 Å². The number of aromatic nitrogens is 4. The van der Waals surface area contributed by atoms with E-state index in [0.29, 0.717) is 31.5 Å². The molecule has 3 N–H and O–H groups in total. The number of carbonyl (C=O) groups is 1. The Bertz CT molecular complexity index is 1650. The van der Waals surface area contributed by atoms with Crippen LogP contribution in [0.5, 0.6) is 11.5 Å². The fourth-order valence-corrected chi connectivity index (χ4v) is 5.06. The molecule has 2 fully saturated rings. The lowest BCUT2D eigenvalue weighted by Crippen LogP contribution is -2.63. The van der Waals surface area contributed by atoms with Crippen molar-refractivity contribution >= 4 is 17.4 Å². The van der Waals surface area contributed by atoms with Gasteiger partial charge in [-0.05, 0) is 36.8 Å². The molecule has 2 bridgehead atoms. The number of hydrogen-bond acceptors (Lipinski definition) is 8. The number of carbonyl (C=O) groups excluding carboxylic acids is 1. The van der Waals surface area contributed by atoms with Gasteiger partial charge in [0.15, 0.2) is 28.9 Å². The van der Waals surface area contributed by atoms with Gasteiger partial charge in [0.25, 0.3) is 5.91 Å². The topological polar surface area (TPSA) is 120 Å². The minimum atomic E-state index is -5.10. The number of benzene rings is 1. The first-order valence-electron chi connectivity index (χ1n) is 12.7. The monoisotopic (exact) mass is 587 g/mol. The highest BCUT2D eigenvalue weighted by atomic mass is 19.4. The number of ether oxygens (including phenoxy) is 2. The van der Waals surface area contributed by atoms with Crippen molar-refractivity contribution in [2.24, 2.45) is 0 Å². The van der Waals surface area contributed by atoms with Gasteiger partial charge in [-0.2, -0.15) is 18.3 Å². The Morgan fingerprint density at radius 3 is 2.55 bits per heavy atom. The highest BCUT2D eigenvalue weighted by Crippen LogP contribution is 2.38. The Balaban J connectivity index is 1.22. The van der Waals surface area contributed by atoms with E-state index in [2.05, 4.69) is 25.3 Å². The van der Waals surface area contributed by atoms with E-state index in [9.17, 15) is 22.4 Å². The normalized spacial score (nSPS) is 18.4. The number of halogens is 5. The molecule has 5 heterocycles. The van der Waals surface area contributed by atoms with Crippen molar-refractivity contribution in [2.45, 2.75) is 31.2 Å². The van der Waals surface area contributed by atoms with Crippen molar-refractivity contribution in [1.29, 1.82) is 0 Å². The van der Waals surface area contributed by atoms with Crippen molar-refractivity contribution in [2.75, 3.05) is 24.3 Å². The lowest BCUT2D eigenvalue weighted by Gasteiger charge is -2.52. The van der Waals surface area contributed by atoms with E-state index in [0.717, 1.165) is 24.8 Å². The fraction of sp³-hybridized carbons (Fsp3) is 0.259. The fourth-order valence-electron chi connectivity index (χ4n) is 5.06. The third-order valence-electron chi connectivity index (χ3n) is 7.12. The highest BCUT2D eigenvalue weighted by Gasteiger charge is 2.43. The summed E-state index contributed by atoms with van der Waals surface area (Å²) in [5, 5.41) is 5.75. The number of morpholine rings is 1. The van der Waals surface area contributed by atoms with E-state index < -0.39 is 40.8 Å². The summed E-state index contributed by atoms with van der Waals surface area (Å²) in [6.45, 7) is 1.65. The summed E-state index contributed by atoms with van der Waals surface area (Å²) in [5.74, 6) is -3.64. The Labute approximate surface area is 234 Å². The number of anilines is 2. The summed E-state index contributed by atoms with van der Waals surface area (Å²) in [6.07, 6.45) is -0.935. The number of nitrogens with one attached hydrogen (secondary N) is 1. The third kappa shape index (κ3) is 5.12. The van der Waals surface area contributed by atoms with Crippen LogP contribution >= 0.6 is 0 Å². The standard InChI is InChI=1S/C27H22F5N7O3/c28-19-2-1-6-35-25(19)39-23(27(30,31)32)17(10-36-39)26(40)37-14-3-4-22(20(29)8-14)42-21-5-7-34-24(33)18(21)11-38-15-9-16(38)13-41-12-15/h1-8,10,15-16H,9,11-13H2,(H2,33,34)(H,37,40). The lowest BCUT2D eigenvalue weighted by atomic mass is 9.90. The largest absolute Gasteiger partial charge is 0.454 e. The number of nitrogens with two attached hydrogens (primary N) is 1. The van der Waals surface area contributed by atoms with E-state index in [-0.39, 0.29) is 39.8 Å². The van der Waals surface area contributed by atoms with Gasteiger partial charge in [0.1, 0.15) is 11.6 Å². The number of amides is 1.